The average molecular weight is 489 g/mol. The smallest absolute Gasteiger partial charge is 0.262 e. The van der Waals surface area contributed by atoms with Gasteiger partial charge in [0.05, 0.1) is 33.3 Å². The molecule has 0 spiro atoms. The molecule has 0 saturated carbocycles. The van der Waals surface area contributed by atoms with Gasteiger partial charge in [-0.15, -0.1) is 0 Å². The Morgan fingerprint density at radius 2 is 1.35 bits per heavy atom. The highest BCUT2D eigenvalue weighted by Gasteiger charge is 2.22. The summed E-state index contributed by atoms with van der Waals surface area (Å²) < 4.78 is 86.8. The van der Waals surface area contributed by atoms with E-state index in [-0.39, 0.29) is 27.0 Å². The molecule has 0 amide bonds. The number of nitrogens with one attached hydrogen (secondary N) is 2. The van der Waals surface area contributed by atoms with E-state index in [0.29, 0.717) is 12.1 Å². The lowest BCUT2D eigenvalue weighted by molar-refractivity contribution is 0.416. The molecule has 0 saturated heterocycles. The van der Waals surface area contributed by atoms with Gasteiger partial charge in [-0.25, -0.2) is 25.6 Å². The Bertz CT molecular complexity index is 1350. The van der Waals surface area contributed by atoms with Gasteiger partial charge in [0.1, 0.15) is 5.75 Å². The van der Waals surface area contributed by atoms with Crippen molar-refractivity contribution in [3.05, 3.63) is 77.3 Å². The summed E-state index contributed by atoms with van der Waals surface area (Å²) in [5.41, 5.74) is -0.0989. The highest BCUT2D eigenvalue weighted by atomic mass is 35.5. The second-order valence-corrected chi connectivity index (χ2v) is 9.90. The first kappa shape index (κ1) is 22.8. The standard InChI is InChI=1S/C19H15ClF2N2O5S2/c1-29-19-9-7-13(31(27,28)23-17-5-3-2-4-14(17)20)11-18(19)24-30(25,26)12-6-8-15(21)16(22)10-12/h2-11,23-24H,1H3. The maximum absolute atomic E-state index is 13.5. The summed E-state index contributed by atoms with van der Waals surface area (Å²) in [5.74, 6) is -2.56. The molecule has 164 valence electrons. The molecule has 0 bridgehead atoms. The first-order valence-corrected chi connectivity index (χ1v) is 11.8. The largest absolute Gasteiger partial charge is 0.495 e. The zero-order valence-corrected chi connectivity index (χ0v) is 18.2. The molecule has 0 aliphatic heterocycles. The van der Waals surface area contributed by atoms with Gasteiger partial charge in [-0.3, -0.25) is 9.44 Å². The average Bonchev–Trinajstić information content (AvgIpc) is 2.71. The van der Waals surface area contributed by atoms with Gasteiger partial charge in [0.2, 0.25) is 0 Å². The van der Waals surface area contributed by atoms with Crippen LogP contribution in [-0.4, -0.2) is 23.9 Å². The normalized spacial score (nSPS) is 11.7. The number of rotatable bonds is 7. The maximum Gasteiger partial charge on any atom is 0.262 e. The van der Waals surface area contributed by atoms with Crippen LogP contribution in [0, 0.1) is 11.6 Å². The van der Waals surface area contributed by atoms with Crippen molar-refractivity contribution >= 4 is 43.0 Å². The molecule has 0 unspecified atom stereocenters. The summed E-state index contributed by atoms with van der Waals surface area (Å²) in [7, 11) is -7.29. The fourth-order valence-corrected chi connectivity index (χ4v) is 4.95. The Morgan fingerprint density at radius 3 is 1.97 bits per heavy atom. The number of anilines is 2. The molecule has 3 rings (SSSR count). The molecule has 0 atom stereocenters. The summed E-state index contributed by atoms with van der Waals surface area (Å²) in [6, 6.07) is 11.7. The van der Waals surface area contributed by atoms with Crippen LogP contribution in [0.3, 0.4) is 0 Å². The number of halogens is 3. The van der Waals surface area contributed by atoms with Crippen LogP contribution in [0.5, 0.6) is 5.75 Å². The summed E-state index contributed by atoms with van der Waals surface area (Å²) in [5, 5.41) is 0.166. The van der Waals surface area contributed by atoms with Gasteiger partial charge in [-0.2, -0.15) is 0 Å². The van der Waals surface area contributed by atoms with Gasteiger partial charge < -0.3 is 4.74 Å². The molecular formula is C19H15ClF2N2O5S2. The predicted molar refractivity (Wildman–Crippen MR) is 112 cm³/mol. The molecule has 0 heterocycles. The highest BCUT2D eigenvalue weighted by Crippen LogP contribution is 2.31. The number of para-hydroxylation sites is 1. The lowest BCUT2D eigenvalue weighted by Gasteiger charge is -2.15. The van der Waals surface area contributed by atoms with E-state index in [1.54, 1.807) is 12.1 Å². The van der Waals surface area contributed by atoms with Crippen LogP contribution in [-0.2, 0) is 20.0 Å². The number of hydrogen-bond donors (Lipinski definition) is 2. The Labute approximate surface area is 182 Å². The summed E-state index contributed by atoms with van der Waals surface area (Å²) in [4.78, 5) is -0.855. The SMILES string of the molecule is COc1ccc(S(=O)(=O)Nc2ccccc2Cl)cc1NS(=O)(=O)c1ccc(F)c(F)c1. The van der Waals surface area contributed by atoms with Crippen LogP contribution in [0.4, 0.5) is 20.2 Å². The molecule has 3 aromatic carbocycles. The van der Waals surface area contributed by atoms with Crippen LogP contribution in [0.2, 0.25) is 5.02 Å². The van der Waals surface area contributed by atoms with E-state index in [9.17, 15) is 25.6 Å². The van der Waals surface area contributed by atoms with E-state index in [1.165, 1.54) is 31.4 Å². The second-order valence-electron chi connectivity index (χ2n) is 6.13. The summed E-state index contributed by atoms with van der Waals surface area (Å²) in [6.07, 6.45) is 0. The van der Waals surface area contributed by atoms with Crippen LogP contribution >= 0.6 is 11.6 Å². The van der Waals surface area contributed by atoms with Gasteiger partial charge >= 0.3 is 0 Å². The van der Waals surface area contributed by atoms with Crippen molar-refractivity contribution in [3.8, 4) is 5.75 Å². The molecule has 3 aromatic rings. The summed E-state index contributed by atoms with van der Waals surface area (Å²) >= 11 is 5.98. The van der Waals surface area contributed by atoms with E-state index >= 15 is 0 Å². The predicted octanol–water partition coefficient (Wildman–Crippen LogP) is 4.23. The molecule has 0 fully saturated rings. The van der Waals surface area contributed by atoms with Crippen molar-refractivity contribution in [2.24, 2.45) is 0 Å². The first-order chi connectivity index (χ1) is 14.5. The van der Waals surface area contributed by atoms with Crippen molar-refractivity contribution in [2.45, 2.75) is 9.79 Å². The molecule has 7 nitrogen and oxygen atoms in total. The molecule has 2 N–H and O–H groups in total. The Kier molecular flexibility index (Phi) is 6.39. The maximum atomic E-state index is 13.5. The van der Waals surface area contributed by atoms with Crippen molar-refractivity contribution in [2.75, 3.05) is 16.6 Å². The summed E-state index contributed by atoms with van der Waals surface area (Å²) in [6.45, 7) is 0. The zero-order valence-electron chi connectivity index (χ0n) is 15.8. The van der Waals surface area contributed by atoms with Crippen molar-refractivity contribution in [1.29, 1.82) is 0 Å². The fraction of sp³-hybridized carbons (Fsp3) is 0.0526. The third-order valence-corrected chi connectivity index (χ3v) is 7.10. The van der Waals surface area contributed by atoms with Crippen LogP contribution in [0.25, 0.3) is 0 Å². The van der Waals surface area contributed by atoms with E-state index in [1.807, 2.05) is 0 Å². The number of ether oxygens (including phenoxy) is 1. The lowest BCUT2D eigenvalue weighted by atomic mass is 10.3. The quantitative estimate of drug-likeness (QED) is 0.518. The monoisotopic (exact) mass is 488 g/mol. The van der Waals surface area contributed by atoms with Gasteiger partial charge in [0, 0.05) is 0 Å². The molecule has 0 aliphatic carbocycles. The van der Waals surface area contributed by atoms with Crippen LogP contribution in [0.15, 0.2) is 70.5 Å². The Balaban J connectivity index is 1.99. The van der Waals surface area contributed by atoms with Gasteiger partial charge in [0.25, 0.3) is 20.0 Å². The van der Waals surface area contributed by atoms with Gasteiger partial charge in [0.15, 0.2) is 11.6 Å². The molecule has 31 heavy (non-hydrogen) atoms. The molecule has 0 aromatic heterocycles. The van der Waals surface area contributed by atoms with Gasteiger partial charge in [-0.05, 0) is 48.5 Å². The van der Waals surface area contributed by atoms with E-state index in [2.05, 4.69) is 9.44 Å². The number of sulfonamides is 2. The Hall–Kier alpha value is -2.89. The number of benzene rings is 3. The van der Waals surface area contributed by atoms with E-state index < -0.39 is 36.6 Å². The second kappa shape index (κ2) is 8.69. The van der Waals surface area contributed by atoms with Crippen LogP contribution < -0.4 is 14.2 Å². The third-order valence-electron chi connectivity index (χ3n) is 4.05. The van der Waals surface area contributed by atoms with Gasteiger partial charge in [-0.1, -0.05) is 23.7 Å². The Morgan fingerprint density at radius 1 is 0.774 bits per heavy atom. The van der Waals surface area contributed by atoms with E-state index in [4.69, 9.17) is 16.3 Å². The topological polar surface area (TPSA) is 102 Å². The minimum Gasteiger partial charge on any atom is -0.495 e. The lowest BCUT2D eigenvalue weighted by Crippen LogP contribution is -2.16. The van der Waals surface area contributed by atoms with Crippen molar-refractivity contribution in [1.82, 2.24) is 0 Å². The van der Waals surface area contributed by atoms with Crippen molar-refractivity contribution in [3.63, 3.8) is 0 Å². The van der Waals surface area contributed by atoms with Crippen molar-refractivity contribution < 1.29 is 30.4 Å². The van der Waals surface area contributed by atoms with E-state index in [0.717, 1.165) is 12.1 Å². The number of hydrogen-bond acceptors (Lipinski definition) is 5. The molecule has 12 heteroatoms. The molecule has 0 radical (unpaired) electrons. The molecule has 0 aliphatic rings. The molecular weight excluding hydrogens is 474 g/mol. The highest BCUT2D eigenvalue weighted by molar-refractivity contribution is 7.93. The van der Waals surface area contributed by atoms with Crippen LogP contribution in [0.1, 0.15) is 0 Å². The zero-order chi connectivity index (χ0) is 22.8. The third kappa shape index (κ3) is 5.06. The minimum atomic E-state index is -4.39. The fourth-order valence-electron chi connectivity index (χ4n) is 2.53. The number of methoxy groups -OCH3 is 1. The first-order valence-electron chi connectivity index (χ1n) is 8.47. The minimum absolute atomic E-state index is 0.00264.